The highest BCUT2D eigenvalue weighted by Crippen LogP contribution is 2.42. The molecule has 0 bridgehead atoms. The van der Waals surface area contributed by atoms with Crippen molar-refractivity contribution >= 4 is 15.6 Å². The van der Waals surface area contributed by atoms with Gasteiger partial charge in [0, 0.05) is 0 Å². The summed E-state index contributed by atoms with van der Waals surface area (Å²) in [4.78, 5) is 32.3. The molecule has 0 rings (SSSR count). The van der Waals surface area contributed by atoms with Crippen LogP contribution in [-0.2, 0) is 18.4 Å². The predicted molar refractivity (Wildman–Crippen MR) is 33.7 cm³/mol. The first-order valence-corrected chi connectivity index (χ1v) is 5.40. The maximum absolute atomic E-state index is 10.0. The molecule has 0 aliphatic heterocycles. The van der Waals surface area contributed by atoms with Gasteiger partial charge in [0.2, 0.25) is 6.19 Å². The van der Waals surface area contributed by atoms with Gasteiger partial charge in [-0.05, 0) is 5.23 Å². The van der Waals surface area contributed by atoms with E-state index in [9.17, 15) is 9.13 Å². The van der Waals surface area contributed by atoms with Crippen LogP contribution in [0.3, 0.4) is 0 Å². The summed E-state index contributed by atoms with van der Waals surface area (Å²) in [6.45, 7) is 0. The summed E-state index contributed by atoms with van der Waals surface area (Å²) in [5.41, 5.74) is 0. The van der Waals surface area contributed by atoms with Gasteiger partial charge in [-0.25, -0.2) is 9.13 Å². The number of phosphoric acid groups is 2. The molecular formula is CH4N2O8P2. The highest BCUT2D eigenvalue weighted by molar-refractivity contribution is 7.46. The molecule has 12 heteroatoms. The van der Waals surface area contributed by atoms with Gasteiger partial charge >= 0.3 is 15.6 Å². The van der Waals surface area contributed by atoms with Crippen LogP contribution in [0.4, 0.5) is 0 Å². The minimum atomic E-state index is -5.09. The Hall–Kier alpha value is -0.490. The van der Waals surface area contributed by atoms with Crippen molar-refractivity contribution < 1.29 is 38.0 Å². The Bertz CT molecular complexity index is 270. The second-order valence-corrected chi connectivity index (χ2v) is 3.79. The fraction of sp³-hybridized carbons (Fsp3) is 0. The van der Waals surface area contributed by atoms with Crippen LogP contribution in [0.5, 0.6) is 0 Å². The summed E-state index contributed by atoms with van der Waals surface area (Å²) in [5, 5.41) is 7.31. The molecule has 0 aliphatic carbocycles. The van der Waals surface area contributed by atoms with Crippen LogP contribution < -0.4 is 0 Å². The molecule has 0 aromatic rings. The van der Waals surface area contributed by atoms with Crippen molar-refractivity contribution in [3.05, 3.63) is 0 Å². The van der Waals surface area contributed by atoms with Gasteiger partial charge in [0.05, 0.1) is 0 Å². The molecule has 0 amide bonds. The zero-order valence-electron chi connectivity index (χ0n) is 5.71. The zero-order chi connectivity index (χ0) is 10.7. The minimum absolute atomic E-state index is 0.679. The lowest BCUT2D eigenvalue weighted by molar-refractivity contribution is -0.228. The Labute approximate surface area is 71.3 Å². The van der Waals surface area contributed by atoms with E-state index in [0.717, 1.165) is 6.19 Å². The van der Waals surface area contributed by atoms with Gasteiger partial charge in [-0.15, -0.1) is 9.25 Å². The van der Waals surface area contributed by atoms with Crippen molar-refractivity contribution in [3.63, 3.8) is 0 Å². The number of nitriles is 1. The van der Waals surface area contributed by atoms with E-state index in [1.807, 2.05) is 0 Å². The molecule has 10 nitrogen and oxygen atoms in total. The SMILES string of the molecule is N#CN(OP(=O)(O)O)OP(=O)(O)O. The van der Waals surface area contributed by atoms with Crippen molar-refractivity contribution in [2.24, 2.45) is 0 Å². The fourth-order valence-electron chi connectivity index (χ4n) is 0.245. The maximum Gasteiger partial charge on any atom is 0.493 e. The lowest BCUT2D eigenvalue weighted by atomic mass is 11.4. The second kappa shape index (κ2) is 4.15. The largest absolute Gasteiger partial charge is 0.493 e. The Kier molecular flexibility index (Phi) is 3.99. The third-order valence-electron chi connectivity index (χ3n) is 0.443. The smallest absolute Gasteiger partial charge is 0.301 e. The first-order chi connectivity index (χ1) is 5.64. The van der Waals surface area contributed by atoms with Gasteiger partial charge in [-0.2, -0.15) is 5.26 Å². The van der Waals surface area contributed by atoms with E-state index in [2.05, 4.69) is 9.25 Å². The average molecular weight is 234 g/mol. The van der Waals surface area contributed by atoms with E-state index in [1.165, 1.54) is 0 Å². The van der Waals surface area contributed by atoms with Gasteiger partial charge in [0.15, 0.2) is 0 Å². The van der Waals surface area contributed by atoms with Crippen molar-refractivity contribution in [2.75, 3.05) is 0 Å². The summed E-state index contributed by atoms with van der Waals surface area (Å²) < 4.78 is 26.8. The topological polar surface area (TPSA) is 161 Å². The van der Waals surface area contributed by atoms with Gasteiger partial charge in [-0.3, -0.25) is 0 Å². The first-order valence-electron chi connectivity index (χ1n) is 2.34. The van der Waals surface area contributed by atoms with Crippen molar-refractivity contribution in [1.29, 1.82) is 5.26 Å². The molecule has 0 atom stereocenters. The summed E-state index contributed by atoms with van der Waals surface area (Å²) >= 11 is 0. The van der Waals surface area contributed by atoms with E-state index < -0.39 is 20.9 Å². The second-order valence-electron chi connectivity index (χ2n) is 1.50. The maximum atomic E-state index is 10.0. The van der Waals surface area contributed by atoms with E-state index in [1.54, 1.807) is 0 Å². The van der Waals surface area contributed by atoms with Crippen molar-refractivity contribution in [2.45, 2.75) is 0 Å². The molecule has 0 fully saturated rings. The zero-order valence-corrected chi connectivity index (χ0v) is 7.50. The van der Waals surface area contributed by atoms with E-state index in [0.29, 0.717) is 0 Å². The molecule has 0 aromatic heterocycles. The van der Waals surface area contributed by atoms with Gasteiger partial charge in [0.1, 0.15) is 0 Å². The third-order valence-corrected chi connectivity index (χ3v) is 1.16. The monoisotopic (exact) mass is 234 g/mol. The van der Waals surface area contributed by atoms with Crippen LogP contribution in [-0.4, -0.2) is 24.8 Å². The van der Waals surface area contributed by atoms with E-state index in [-0.39, 0.29) is 0 Å². The number of hydrogen-bond acceptors (Lipinski definition) is 6. The molecule has 76 valence electrons. The summed E-state index contributed by atoms with van der Waals surface area (Å²) in [6.07, 6.45) is 0.820. The Morgan fingerprint density at radius 2 is 1.38 bits per heavy atom. The molecule has 0 aliphatic rings. The third kappa shape index (κ3) is 7.86. The first kappa shape index (κ1) is 12.5. The molecular weight excluding hydrogens is 230 g/mol. The normalized spacial score (nSPS) is 12.2. The highest BCUT2D eigenvalue weighted by Gasteiger charge is 2.27. The van der Waals surface area contributed by atoms with Gasteiger partial charge < -0.3 is 19.6 Å². The Balaban J connectivity index is 4.33. The lowest BCUT2D eigenvalue weighted by Gasteiger charge is -2.13. The number of hydroxylamine groups is 2. The van der Waals surface area contributed by atoms with Crippen LogP contribution >= 0.6 is 15.6 Å². The van der Waals surface area contributed by atoms with Gasteiger partial charge in [-0.1, -0.05) is 0 Å². The summed E-state index contributed by atoms with van der Waals surface area (Å²) in [5.74, 6) is 0. The average Bonchev–Trinajstić information content (AvgIpc) is 1.79. The quantitative estimate of drug-likeness (QED) is 0.201. The van der Waals surface area contributed by atoms with E-state index >= 15 is 0 Å². The van der Waals surface area contributed by atoms with Crippen molar-refractivity contribution in [3.8, 4) is 6.19 Å². The van der Waals surface area contributed by atoms with E-state index in [4.69, 9.17) is 24.8 Å². The molecule has 13 heavy (non-hydrogen) atoms. The molecule has 0 spiro atoms. The van der Waals surface area contributed by atoms with Crippen LogP contribution in [0.15, 0.2) is 0 Å². The summed E-state index contributed by atoms with van der Waals surface area (Å²) in [6, 6.07) is 0. The number of hydrogen-bond donors (Lipinski definition) is 4. The standard InChI is InChI=1S/CH4N2O8P2/c2-1-3(10-12(4,5)6)11-13(7,8)9/h(H2,4,5,6)(H2,7,8,9). The molecule has 0 saturated heterocycles. The fourth-order valence-corrected chi connectivity index (χ4v) is 0.823. The predicted octanol–water partition coefficient (Wildman–Crippen LogP) is -1.18. The molecule has 0 radical (unpaired) electrons. The number of rotatable bonds is 4. The van der Waals surface area contributed by atoms with Crippen LogP contribution in [0.1, 0.15) is 0 Å². The Morgan fingerprint density at radius 1 is 1.08 bits per heavy atom. The van der Waals surface area contributed by atoms with Crippen LogP contribution in [0, 0.1) is 11.5 Å². The molecule has 0 heterocycles. The Morgan fingerprint density at radius 3 is 1.54 bits per heavy atom. The lowest BCUT2D eigenvalue weighted by Crippen LogP contribution is -2.15. The summed E-state index contributed by atoms with van der Waals surface area (Å²) in [7, 11) is -10.2. The highest BCUT2D eigenvalue weighted by atomic mass is 31.2. The molecule has 0 aromatic carbocycles. The molecule has 4 N–H and O–H groups in total. The number of nitrogens with zero attached hydrogens (tertiary/aromatic N) is 2. The van der Waals surface area contributed by atoms with Crippen molar-refractivity contribution in [1.82, 2.24) is 5.23 Å². The van der Waals surface area contributed by atoms with Crippen LogP contribution in [0.2, 0.25) is 0 Å². The van der Waals surface area contributed by atoms with Crippen LogP contribution in [0.25, 0.3) is 0 Å². The molecule has 0 unspecified atom stereocenters. The molecule has 0 saturated carbocycles. The van der Waals surface area contributed by atoms with Gasteiger partial charge in [0.25, 0.3) is 0 Å². The minimum Gasteiger partial charge on any atom is -0.301 e.